The summed E-state index contributed by atoms with van der Waals surface area (Å²) in [5.41, 5.74) is 1.20. The largest absolute Gasteiger partial charge is 0.472 e. The number of nitrogens with one attached hydrogen (secondary N) is 1. The SMILES string of the molecule is C=CCSCCNCc1ccoc1. The molecule has 1 aromatic rings. The molecule has 72 valence electrons. The topological polar surface area (TPSA) is 25.2 Å². The Balaban J connectivity index is 1.93. The lowest BCUT2D eigenvalue weighted by Crippen LogP contribution is -2.16. The summed E-state index contributed by atoms with van der Waals surface area (Å²) in [4.78, 5) is 0. The summed E-state index contributed by atoms with van der Waals surface area (Å²) < 4.78 is 4.95. The molecular formula is C10H15NOS. The van der Waals surface area contributed by atoms with Gasteiger partial charge in [0.1, 0.15) is 0 Å². The number of thioether (sulfide) groups is 1. The molecule has 2 nitrogen and oxygen atoms in total. The van der Waals surface area contributed by atoms with Crippen molar-refractivity contribution in [1.82, 2.24) is 5.32 Å². The van der Waals surface area contributed by atoms with Gasteiger partial charge in [-0.15, -0.1) is 6.58 Å². The molecule has 1 heterocycles. The Bertz CT molecular complexity index is 221. The molecule has 1 rings (SSSR count). The molecule has 1 N–H and O–H groups in total. The Morgan fingerprint density at radius 2 is 2.54 bits per heavy atom. The van der Waals surface area contributed by atoms with Gasteiger partial charge >= 0.3 is 0 Å². The molecule has 0 unspecified atom stereocenters. The minimum Gasteiger partial charge on any atom is -0.472 e. The van der Waals surface area contributed by atoms with Crippen LogP contribution in [0.3, 0.4) is 0 Å². The second-order valence-electron chi connectivity index (χ2n) is 2.67. The predicted octanol–water partition coefficient (Wildman–Crippen LogP) is 2.29. The molecule has 0 bridgehead atoms. The van der Waals surface area contributed by atoms with E-state index in [-0.39, 0.29) is 0 Å². The minimum absolute atomic E-state index is 0.894. The third-order valence-corrected chi connectivity index (χ3v) is 2.53. The van der Waals surface area contributed by atoms with Crippen LogP contribution in [0.4, 0.5) is 0 Å². The van der Waals surface area contributed by atoms with E-state index in [1.807, 2.05) is 23.9 Å². The first-order valence-corrected chi connectivity index (χ1v) is 5.49. The van der Waals surface area contributed by atoms with Gasteiger partial charge in [-0.1, -0.05) is 6.08 Å². The van der Waals surface area contributed by atoms with E-state index in [4.69, 9.17) is 4.42 Å². The Morgan fingerprint density at radius 3 is 3.23 bits per heavy atom. The highest BCUT2D eigenvalue weighted by Gasteiger charge is 1.92. The molecule has 0 aromatic carbocycles. The zero-order valence-corrected chi connectivity index (χ0v) is 8.48. The second-order valence-corrected chi connectivity index (χ2v) is 3.82. The van der Waals surface area contributed by atoms with Crippen LogP contribution in [0.1, 0.15) is 5.56 Å². The van der Waals surface area contributed by atoms with Crippen LogP contribution in [0.15, 0.2) is 35.7 Å². The molecule has 0 amide bonds. The highest BCUT2D eigenvalue weighted by atomic mass is 32.2. The van der Waals surface area contributed by atoms with Crippen molar-refractivity contribution in [3.63, 3.8) is 0 Å². The van der Waals surface area contributed by atoms with Crippen molar-refractivity contribution in [2.45, 2.75) is 6.54 Å². The van der Waals surface area contributed by atoms with Gasteiger partial charge in [0.15, 0.2) is 0 Å². The molecular weight excluding hydrogens is 182 g/mol. The molecule has 0 aliphatic heterocycles. The van der Waals surface area contributed by atoms with Crippen molar-refractivity contribution < 1.29 is 4.42 Å². The van der Waals surface area contributed by atoms with Crippen molar-refractivity contribution in [1.29, 1.82) is 0 Å². The van der Waals surface area contributed by atoms with Gasteiger partial charge in [-0.2, -0.15) is 11.8 Å². The van der Waals surface area contributed by atoms with Gasteiger partial charge < -0.3 is 9.73 Å². The lowest BCUT2D eigenvalue weighted by molar-refractivity contribution is 0.561. The number of rotatable bonds is 7. The Kier molecular flexibility index (Phi) is 5.45. The van der Waals surface area contributed by atoms with E-state index in [1.165, 1.54) is 5.56 Å². The third kappa shape index (κ3) is 4.80. The second kappa shape index (κ2) is 6.80. The number of hydrogen-bond donors (Lipinski definition) is 1. The van der Waals surface area contributed by atoms with Crippen LogP contribution in [0.25, 0.3) is 0 Å². The van der Waals surface area contributed by atoms with E-state index in [9.17, 15) is 0 Å². The summed E-state index contributed by atoms with van der Waals surface area (Å²) in [6, 6.07) is 1.98. The molecule has 0 fully saturated rings. The lowest BCUT2D eigenvalue weighted by atomic mass is 10.3. The molecule has 0 radical (unpaired) electrons. The average Bonchev–Trinajstić information content (AvgIpc) is 2.63. The first kappa shape index (κ1) is 10.4. The fourth-order valence-electron chi connectivity index (χ4n) is 0.937. The molecule has 0 spiro atoms. The summed E-state index contributed by atoms with van der Waals surface area (Å²) >= 11 is 1.89. The number of furan rings is 1. The summed E-state index contributed by atoms with van der Waals surface area (Å²) in [5, 5.41) is 3.33. The maximum atomic E-state index is 4.95. The molecule has 0 aliphatic rings. The Hall–Kier alpha value is -0.670. The van der Waals surface area contributed by atoms with Gasteiger partial charge in [0.2, 0.25) is 0 Å². The van der Waals surface area contributed by atoms with Crippen molar-refractivity contribution in [3.8, 4) is 0 Å². The first-order chi connectivity index (χ1) is 6.43. The van der Waals surface area contributed by atoms with Gasteiger partial charge in [-0.05, 0) is 6.07 Å². The monoisotopic (exact) mass is 197 g/mol. The normalized spacial score (nSPS) is 10.2. The number of hydrogen-bond acceptors (Lipinski definition) is 3. The van der Waals surface area contributed by atoms with Crippen molar-refractivity contribution in [2.24, 2.45) is 0 Å². The van der Waals surface area contributed by atoms with Crippen LogP contribution in [0, 0.1) is 0 Å². The summed E-state index contributed by atoms with van der Waals surface area (Å²) in [6.07, 6.45) is 5.40. The van der Waals surface area contributed by atoms with E-state index in [0.29, 0.717) is 0 Å². The van der Waals surface area contributed by atoms with Crippen molar-refractivity contribution >= 4 is 11.8 Å². The molecule has 3 heteroatoms. The quantitative estimate of drug-likeness (QED) is 0.536. The first-order valence-electron chi connectivity index (χ1n) is 4.34. The fraction of sp³-hybridized carbons (Fsp3) is 0.400. The van der Waals surface area contributed by atoms with Gasteiger partial charge in [0.05, 0.1) is 12.5 Å². The zero-order valence-electron chi connectivity index (χ0n) is 7.66. The van der Waals surface area contributed by atoms with E-state index >= 15 is 0 Å². The Morgan fingerprint density at radius 1 is 1.62 bits per heavy atom. The van der Waals surface area contributed by atoms with Crippen LogP contribution < -0.4 is 5.32 Å². The lowest BCUT2D eigenvalue weighted by Gasteiger charge is -2.00. The van der Waals surface area contributed by atoms with E-state index in [0.717, 1.165) is 24.6 Å². The molecule has 0 saturated heterocycles. The van der Waals surface area contributed by atoms with Gasteiger partial charge in [-0.3, -0.25) is 0 Å². The standard InChI is InChI=1S/C10H15NOS/c1-2-6-13-7-4-11-8-10-3-5-12-9-10/h2-3,5,9,11H,1,4,6-8H2. The van der Waals surface area contributed by atoms with Crippen LogP contribution in [-0.4, -0.2) is 18.1 Å². The summed E-state index contributed by atoms with van der Waals surface area (Å²) in [5.74, 6) is 2.16. The fourth-order valence-corrected chi connectivity index (χ4v) is 1.56. The van der Waals surface area contributed by atoms with Crippen molar-refractivity contribution in [3.05, 3.63) is 36.8 Å². The van der Waals surface area contributed by atoms with Gasteiger partial charge in [0, 0.05) is 30.2 Å². The van der Waals surface area contributed by atoms with E-state index in [1.54, 1.807) is 12.5 Å². The predicted molar refractivity (Wildman–Crippen MR) is 57.9 cm³/mol. The zero-order chi connectivity index (χ0) is 9.36. The maximum Gasteiger partial charge on any atom is 0.0947 e. The minimum atomic E-state index is 0.894. The van der Waals surface area contributed by atoms with E-state index < -0.39 is 0 Å². The van der Waals surface area contributed by atoms with Crippen LogP contribution in [0.5, 0.6) is 0 Å². The van der Waals surface area contributed by atoms with Gasteiger partial charge in [0.25, 0.3) is 0 Å². The van der Waals surface area contributed by atoms with Crippen LogP contribution in [0.2, 0.25) is 0 Å². The summed E-state index contributed by atoms with van der Waals surface area (Å²) in [6.45, 7) is 5.59. The summed E-state index contributed by atoms with van der Waals surface area (Å²) in [7, 11) is 0. The van der Waals surface area contributed by atoms with Crippen LogP contribution >= 0.6 is 11.8 Å². The molecule has 13 heavy (non-hydrogen) atoms. The molecule has 0 saturated carbocycles. The molecule has 0 aliphatic carbocycles. The van der Waals surface area contributed by atoms with Crippen molar-refractivity contribution in [2.75, 3.05) is 18.1 Å². The highest BCUT2D eigenvalue weighted by molar-refractivity contribution is 7.99. The smallest absolute Gasteiger partial charge is 0.0947 e. The van der Waals surface area contributed by atoms with Crippen LogP contribution in [-0.2, 0) is 6.54 Å². The highest BCUT2D eigenvalue weighted by Crippen LogP contribution is 2.00. The Labute approximate surface area is 83.4 Å². The van der Waals surface area contributed by atoms with Gasteiger partial charge in [-0.25, -0.2) is 0 Å². The maximum absolute atomic E-state index is 4.95. The molecule has 1 aromatic heterocycles. The average molecular weight is 197 g/mol. The molecule has 0 atom stereocenters. The van der Waals surface area contributed by atoms with E-state index in [2.05, 4.69) is 11.9 Å². The third-order valence-electron chi connectivity index (χ3n) is 1.57.